The van der Waals surface area contributed by atoms with E-state index in [2.05, 4.69) is 10.2 Å². The molecule has 1 heterocycles. The normalized spacial score (nSPS) is 32.1. The van der Waals surface area contributed by atoms with Gasteiger partial charge in [-0.3, -0.25) is 9.69 Å². The number of nitrogens with zero attached hydrogens (tertiary/aromatic N) is 1. The van der Waals surface area contributed by atoms with Crippen molar-refractivity contribution in [3.8, 4) is 0 Å². The molecule has 92 valence electrons. The second-order valence-corrected chi connectivity index (χ2v) is 5.00. The molecule has 1 saturated heterocycles. The van der Waals surface area contributed by atoms with E-state index < -0.39 is 0 Å². The number of amides is 1. The van der Waals surface area contributed by atoms with Crippen molar-refractivity contribution in [1.82, 2.24) is 10.2 Å². The van der Waals surface area contributed by atoms with Crippen molar-refractivity contribution < 1.29 is 9.90 Å². The molecule has 0 unspecified atom stereocenters. The zero-order valence-electron chi connectivity index (χ0n) is 9.56. The van der Waals surface area contributed by atoms with Crippen LogP contribution in [0.2, 0.25) is 0 Å². The summed E-state index contributed by atoms with van der Waals surface area (Å²) in [5.41, 5.74) is 5.80. The lowest BCUT2D eigenvalue weighted by Gasteiger charge is -2.34. The van der Waals surface area contributed by atoms with Gasteiger partial charge in [0.15, 0.2) is 0 Å². The molecule has 2 aliphatic rings. The van der Waals surface area contributed by atoms with Gasteiger partial charge in [-0.1, -0.05) is 0 Å². The molecule has 0 atom stereocenters. The minimum Gasteiger partial charge on any atom is -0.393 e. The van der Waals surface area contributed by atoms with E-state index in [0.29, 0.717) is 25.4 Å². The highest BCUT2D eigenvalue weighted by atomic mass is 16.3. The predicted octanol–water partition coefficient (Wildman–Crippen LogP) is -0.951. The summed E-state index contributed by atoms with van der Waals surface area (Å²) in [4.78, 5) is 13.8. The molecule has 1 amide bonds. The number of rotatable bonds is 3. The van der Waals surface area contributed by atoms with Crippen LogP contribution in [0.1, 0.15) is 25.7 Å². The van der Waals surface area contributed by atoms with Gasteiger partial charge in [-0.25, -0.2) is 0 Å². The average molecular weight is 227 g/mol. The van der Waals surface area contributed by atoms with Crippen molar-refractivity contribution in [1.29, 1.82) is 0 Å². The van der Waals surface area contributed by atoms with Crippen LogP contribution in [0, 0.1) is 0 Å². The van der Waals surface area contributed by atoms with Crippen LogP contribution < -0.4 is 11.1 Å². The van der Waals surface area contributed by atoms with Crippen molar-refractivity contribution in [2.75, 3.05) is 19.6 Å². The fourth-order valence-electron chi connectivity index (χ4n) is 2.29. The monoisotopic (exact) mass is 227 g/mol. The first-order valence-corrected chi connectivity index (χ1v) is 6.09. The van der Waals surface area contributed by atoms with Gasteiger partial charge in [0, 0.05) is 25.2 Å². The molecule has 2 rings (SSSR count). The van der Waals surface area contributed by atoms with Gasteiger partial charge in [0.05, 0.1) is 12.6 Å². The minimum absolute atomic E-state index is 0.0763. The van der Waals surface area contributed by atoms with Gasteiger partial charge >= 0.3 is 0 Å². The number of aliphatic hydroxyl groups is 1. The Kier molecular flexibility index (Phi) is 3.78. The smallest absolute Gasteiger partial charge is 0.234 e. The van der Waals surface area contributed by atoms with Gasteiger partial charge in [0.2, 0.25) is 5.91 Å². The number of piperidine rings is 1. The molecule has 2 fully saturated rings. The summed E-state index contributed by atoms with van der Waals surface area (Å²) in [7, 11) is 0. The van der Waals surface area contributed by atoms with E-state index in [4.69, 9.17) is 10.8 Å². The molecule has 0 aromatic carbocycles. The van der Waals surface area contributed by atoms with Crippen LogP contribution in [-0.2, 0) is 4.79 Å². The Morgan fingerprint density at radius 1 is 1.38 bits per heavy atom. The Labute approximate surface area is 96.0 Å². The van der Waals surface area contributed by atoms with Crippen LogP contribution in [-0.4, -0.2) is 53.7 Å². The van der Waals surface area contributed by atoms with E-state index in [9.17, 15) is 4.79 Å². The maximum absolute atomic E-state index is 11.6. The summed E-state index contributed by atoms with van der Waals surface area (Å²) in [6.45, 7) is 2.31. The molecule has 0 aromatic heterocycles. The molecule has 1 saturated carbocycles. The van der Waals surface area contributed by atoms with Gasteiger partial charge in [0.1, 0.15) is 0 Å². The standard InChI is InChI=1S/C11H21N3O2/c12-8-1-3-14(4-2-8)7-11(16)13-9-5-10(15)6-9/h8-10,15H,1-7,12H2,(H,13,16). The van der Waals surface area contributed by atoms with Crippen LogP contribution in [0.5, 0.6) is 0 Å². The second kappa shape index (κ2) is 5.12. The van der Waals surface area contributed by atoms with Crippen LogP contribution >= 0.6 is 0 Å². The van der Waals surface area contributed by atoms with Crippen molar-refractivity contribution in [2.45, 2.75) is 43.9 Å². The number of hydrogen-bond acceptors (Lipinski definition) is 4. The highest BCUT2D eigenvalue weighted by molar-refractivity contribution is 5.78. The number of hydrogen-bond donors (Lipinski definition) is 3. The van der Waals surface area contributed by atoms with E-state index in [1.165, 1.54) is 0 Å². The van der Waals surface area contributed by atoms with E-state index in [1.807, 2.05) is 0 Å². The maximum atomic E-state index is 11.6. The quantitative estimate of drug-likeness (QED) is 0.581. The van der Waals surface area contributed by atoms with Crippen molar-refractivity contribution in [3.63, 3.8) is 0 Å². The summed E-state index contributed by atoms with van der Waals surface area (Å²) in [6, 6.07) is 0.496. The summed E-state index contributed by atoms with van der Waals surface area (Å²) in [5.74, 6) is 0.0763. The molecular weight excluding hydrogens is 206 g/mol. The summed E-state index contributed by atoms with van der Waals surface area (Å²) >= 11 is 0. The molecule has 4 N–H and O–H groups in total. The zero-order chi connectivity index (χ0) is 11.5. The van der Waals surface area contributed by atoms with Gasteiger partial charge < -0.3 is 16.2 Å². The molecule has 1 aliphatic heterocycles. The van der Waals surface area contributed by atoms with Crippen molar-refractivity contribution in [3.05, 3.63) is 0 Å². The lowest BCUT2D eigenvalue weighted by molar-refractivity contribution is -0.124. The van der Waals surface area contributed by atoms with Gasteiger partial charge in [-0.2, -0.15) is 0 Å². The Balaban J connectivity index is 1.63. The number of aliphatic hydroxyl groups excluding tert-OH is 1. The number of carbonyl (C=O) groups excluding carboxylic acids is 1. The van der Waals surface area contributed by atoms with Crippen LogP contribution in [0.15, 0.2) is 0 Å². The Bertz CT molecular complexity index is 246. The third-order valence-corrected chi connectivity index (χ3v) is 3.48. The molecule has 0 bridgehead atoms. The Hall–Kier alpha value is -0.650. The van der Waals surface area contributed by atoms with Crippen LogP contribution in [0.3, 0.4) is 0 Å². The third kappa shape index (κ3) is 3.17. The summed E-state index contributed by atoms with van der Waals surface area (Å²) in [5, 5.41) is 12.0. The van der Waals surface area contributed by atoms with E-state index in [0.717, 1.165) is 25.9 Å². The van der Waals surface area contributed by atoms with Crippen LogP contribution in [0.4, 0.5) is 0 Å². The number of likely N-dealkylation sites (tertiary alicyclic amines) is 1. The lowest BCUT2D eigenvalue weighted by Crippen LogP contribution is -2.51. The van der Waals surface area contributed by atoms with E-state index >= 15 is 0 Å². The van der Waals surface area contributed by atoms with Crippen LogP contribution in [0.25, 0.3) is 0 Å². The fourth-order valence-corrected chi connectivity index (χ4v) is 2.29. The highest BCUT2D eigenvalue weighted by Gasteiger charge is 2.28. The first kappa shape index (κ1) is 11.8. The number of carbonyl (C=O) groups is 1. The van der Waals surface area contributed by atoms with Crippen molar-refractivity contribution >= 4 is 5.91 Å². The predicted molar refractivity (Wildman–Crippen MR) is 60.8 cm³/mol. The third-order valence-electron chi connectivity index (χ3n) is 3.48. The molecule has 5 nitrogen and oxygen atoms in total. The first-order valence-electron chi connectivity index (χ1n) is 6.09. The molecule has 1 aliphatic carbocycles. The molecule has 0 spiro atoms. The average Bonchev–Trinajstić information content (AvgIpc) is 2.19. The SMILES string of the molecule is NC1CCN(CC(=O)NC2CC(O)C2)CC1. The molecule has 0 aromatic rings. The largest absolute Gasteiger partial charge is 0.393 e. The fraction of sp³-hybridized carbons (Fsp3) is 0.909. The zero-order valence-corrected chi connectivity index (χ0v) is 9.56. The minimum atomic E-state index is -0.210. The molecular formula is C11H21N3O2. The highest BCUT2D eigenvalue weighted by Crippen LogP contribution is 2.19. The maximum Gasteiger partial charge on any atom is 0.234 e. The van der Waals surface area contributed by atoms with Gasteiger partial charge in [-0.05, 0) is 25.7 Å². The number of nitrogens with two attached hydrogens (primary N) is 1. The second-order valence-electron chi connectivity index (χ2n) is 5.00. The Morgan fingerprint density at radius 3 is 2.56 bits per heavy atom. The van der Waals surface area contributed by atoms with E-state index in [-0.39, 0.29) is 18.1 Å². The number of nitrogens with one attached hydrogen (secondary N) is 1. The topological polar surface area (TPSA) is 78.6 Å². The van der Waals surface area contributed by atoms with Gasteiger partial charge in [-0.15, -0.1) is 0 Å². The first-order chi connectivity index (χ1) is 7.63. The summed E-state index contributed by atoms with van der Waals surface area (Å²) in [6.07, 6.45) is 3.16. The van der Waals surface area contributed by atoms with E-state index in [1.54, 1.807) is 0 Å². The molecule has 5 heteroatoms. The summed E-state index contributed by atoms with van der Waals surface area (Å²) < 4.78 is 0. The van der Waals surface area contributed by atoms with Crippen molar-refractivity contribution in [2.24, 2.45) is 5.73 Å². The Morgan fingerprint density at radius 2 is 2.00 bits per heavy atom. The lowest BCUT2D eigenvalue weighted by atomic mass is 9.89. The molecule has 0 radical (unpaired) electrons. The molecule has 16 heavy (non-hydrogen) atoms. The van der Waals surface area contributed by atoms with Gasteiger partial charge in [0.25, 0.3) is 0 Å².